The highest BCUT2D eigenvalue weighted by Gasteiger charge is 2.24. The molecule has 6 nitrogen and oxygen atoms in total. The summed E-state index contributed by atoms with van der Waals surface area (Å²) >= 11 is 0. The fraction of sp³-hybridized carbons (Fsp3) is 0.0476. The Morgan fingerprint density at radius 1 is 1.18 bits per heavy atom. The Balaban J connectivity index is 1.88. The van der Waals surface area contributed by atoms with E-state index in [1.807, 2.05) is 0 Å². The van der Waals surface area contributed by atoms with Crippen molar-refractivity contribution in [3.8, 4) is 17.3 Å². The smallest absolute Gasteiger partial charge is 0.277 e. The van der Waals surface area contributed by atoms with E-state index in [4.69, 9.17) is 0 Å². The van der Waals surface area contributed by atoms with Crippen molar-refractivity contribution in [1.29, 1.82) is 5.26 Å². The van der Waals surface area contributed by atoms with Crippen molar-refractivity contribution in [3.63, 3.8) is 0 Å². The summed E-state index contributed by atoms with van der Waals surface area (Å²) in [6.07, 6.45) is 3.30. The first-order valence-electron chi connectivity index (χ1n) is 8.45. The highest BCUT2D eigenvalue weighted by Crippen LogP contribution is 2.27. The van der Waals surface area contributed by atoms with Crippen LogP contribution in [0, 0.1) is 17.1 Å². The molecule has 0 spiro atoms. The van der Waals surface area contributed by atoms with Crippen LogP contribution in [0.25, 0.3) is 17.0 Å². The van der Waals surface area contributed by atoms with E-state index in [0.717, 1.165) is 0 Å². The Hall–Kier alpha value is -4.05. The maximum absolute atomic E-state index is 13.3. The summed E-state index contributed by atoms with van der Waals surface area (Å²) in [5, 5.41) is 9.19. The molecule has 0 fully saturated rings. The van der Waals surface area contributed by atoms with Gasteiger partial charge in [0.1, 0.15) is 17.2 Å². The third-order valence-electron chi connectivity index (χ3n) is 4.39. The van der Waals surface area contributed by atoms with Crippen LogP contribution in [0.2, 0.25) is 0 Å². The average Bonchev–Trinajstić information content (AvgIpc) is 3.13. The molecular formula is C21H14FN5O. The molecule has 2 aromatic carbocycles. The predicted molar refractivity (Wildman–Crippen MR) is 102 cm³/mol. The molecule has 1 amide bonds. The van der Waals surface area contributed by atoms with Gasteiger partial charge in [0.2, 0.25) is 5.78 Å². The minimum Gasteiger partial charge on any atom is -0.310 e. The van der Waals surface area contributed by atoms with Gasteiger partial charge in [-0.1, -0.05) is 12.1 Å². The summed E-state index contributed by atoms with van der Waals surface area (Å²) in [6, 6.07) is 16.4. The Morgan fingerprint density at radius 2 is 1.96 bits per heavy atom. The second-order valence-electron chi connectivity index (χ2n) is 6.13. The minimum absolute atomic E-state index is 0.310. The lowest BCUT2D eigenvalue weighted by Gasteiger charge is -2.18. The third kappa shape index (κ3) is 2.97. The number of nitriles is 1. The minimum atomic E-state index is -0.377. The summed E-state index contributed by atoms with van der Waals surface area (Å²) in [5.74, 6) is -0.335. The zero-order valence-corrected chi connectivity index (χ0v) is 14.9. The zero-order valence-electron chi connectivity index (χ0n) is 14.9. The molecule has 0 saturated heterocycles. The van der Waals surface area contributed by atoms with E-state index in [0.29, 0.717) is 34.0 Å². The monoisotopic (exact) mass is 371 g/mol. The van der Waals surface area contributed by atoms with E-state index in [1.165, 1.54) is 29.2 Å². The molecule has 4 rings (SSSR count). The Morgan fingerprint density at radius 3 is 2.71 bits per heavy atom. The molecule has 7 heteroatoms. The molecule has 28 heavy (non-hydrogen) atoms. The maximum Gasteiger partial charge on any atom is 0.277 e. The molecule has 2 aromatic heterocycles. The van der Waals surface area contributed by atoms with Gasteiger partial charge in [-0.05, 0) is 42.5 Å². The second-order valence-corrected chi connectivity index (χ2v) is 6.13. The van der Waals surface area contributed by atoms with Crippen LogP contribution >= 0.6 is 0 Å². The third-order valence-corrected chi connectivity index (χ3v) is 4.39. The van der Waals surface area contributed by atoms with Crippen LogP contribution in [-0.2, 0) is 0 Å². The lowest BCUT2D eigenvalue weighted by Crippen LogP contribution is -2.28. The van der Waals surface area contributed by atoms with Crippen molar-refractivity contribution in [2.24, 2.45) is 0 Å². The molecule has 0 aliphatic heterocycles. The summed E-state index contributed by atoms with van der Waals surface area (Å²) in [6.45, 7) is 0. The van der Waals surface area contributed by atoms with Gasteiger partial charge in [0.15, 0.2) is 0 Å². The van der Waals surface area contributed by atoms with Gasteiger partial charge in [0, 0.05) is 30.7 Å². The van der Waals surface area contributed by atoms with Crippen LogP contribution in [0.5, 0.6) is 0 Å². The Labute approximate surface area is 160 Å². The average molecular weight is 371 g/mol. The molecule has 136 valence electrons. The number of carbonyl (C=O) groups is 1. The lowest BCUT2D eigenvalue weighted by atomic mass is 10.1. The van der Waals surface area contributed by atoms with Crippen molar-refractivity contribution < 1.29 is 9.18 Å². The van der Waals surface area contributed by atoms with Gasteiger partial charge in [-0.25, -0.2) is 14.4 Å². The Bertz CT molecular complexity index is 1220. The number of rotatable bonds is 3. The first-order valence-corrected chi connectivity index (χ1v) is 8.45. The van der Waals surface area contributed by atoms with Crippen LogP contribution in [-0.4, -0.2) is 27.3 Å². The normalized spacial score (nSPS) is 10.6. The van der Waals surface area contributed by atoms with Gasteiger partial charge in [0.05, 0.1) is 11.6 Å². The molecule has 0 radical (unpaired) electrons. The van der Waals surface area contributed by atoms with Crippen molar-refractivity contribution in [3.05, 3.63) is 84.1 Å². The number of nitrogens with zero attached hydrogens (tertiary/aromatic N) is 5. The highest BCUT2D eigenvalue weighted by molar-refractivity contribution is 6.08. The highest BCUT2D eigenvalue weighted by atomic mass is 19.1. The van der Waals surface area contributed by atoms with Gasteiger partial charge in [-0.15, -0.1) is 0 Å². The van der Waals surface area contributed by atoms with Gasteiger partial charge in [0.25, 0.3) is 5.91 Å². The molecule has 0 aliphatic rings. The number of aromatic nitrogens is 3. The van der Waals surface area contributed by atoms with Crippen LogP contribution in [0.1, 0.15) is 16.1 Å². The number of amides is 1. The number of imidazole rings is 1. The molecule has 2 heterocycles. The first kappa shape index (κ1) is 17.4. The lowest BCUT2D eigenvalue weighted by molar-refractivity contribution is 0.0988. The van der Waals surface area contributed by atoms with E-state index < -0.39 is 0 Å². The zero-order chi connectivity index (χ0) is 19.7. The molecule has 0 bridgehead atoms. The SMILES string of the molecule is CN(C(=O)c1c(-c2cccc(C#N)c2)nc2ncccn12)c1ccc(F)cc1. The van der Waals surface area contributed by atoms with Crippen molar-refractivity contribution >= 4 is 17.4 Å². The van der Waals surface area contributed by atoms with Crippen LogP contribution in [0.4, 0.5) is 10.1 Å². The van der Waals surface area contributed by atoms with Crippen molar-refractivity contribution in [1.82, 2.24) is 14.4 Å². The van der Waals surface area contributed by atoms with Gasteiger partial charge >= 0.3 is 0 Å². The summed E-state index contributed by atoms with van der Waals surface area (Å²) in [5.41, 5.74) is 2.38. The molecule has 0 saturated carbocycles. The summed E-state index contributed by atoms with van der Waals surface area (Å²) in [4.78, 5) is 23.5. The number of carbonyl (C=O) groups excluding carboxylic acids is 1. The molecule has 0 atom stereocenters. The molecular weight excluding hydrogens is 357 g/mol. The summed E-state index contributed by atoms with van der Waals surface area (Å²) in [7, 11) is 1.61. The quantitative estimate of drug-likeness (QED) is 0.551. The standard InChI is InChI=1S/C21H14FN5O/c1-26(17-8-6-16(22)7-9-17)20(28)19-18(15-5-2-4-14(12-15)13-23)25-21-24-10-3-11-27(19)21/h2-12H,1H3. The van der Waals surface area contributed by atoms with Crippen molar-refractivity contribution in [2.45, 2.75) is 0 Å². The first-order chi connectivity index (χ1) is 13.6. The maximum atomic E-state index is 13.3. The van der Waals surface area contributed by atoms with Crippen LogP contribution < -0.4 is 4.90 Å². The Kier molecular flexibility index (Phi) is 4.30. The van der Waals surface area contributed by atoms with E-state index >= 15 is 0 Å². The van der Waals surface area contributed by atoms with Gasteiger partial charge < -0.3 is 4.90 Å². The number of hydrogen-bond acceptors (Lipinski definition) is 4. The molecule has 4 aromatic rings. The van der Waals surface area contributed by atoms with E-state index in [-0.39, 0.29) is 11.7 Å². The molecule has 0 aliphatic carbocycles. The number of halogens is 1. The van der Waals surface area contributed by atoms with Crippen LogP contribution in [0.3, 0.4) is 0 Å². The van der Waals surface area contributed by atoms with E-state index in [1.54, 1.807) is 54.2 Å². The fourth-order valence-electron chi connectivity index (χ4n) is 2.97. The molecule has 0 N–H and O–H groups in total. The number of benzene rings is 2. The van der Waals surface area contributed by atoms with E-state index in [9.17, 15) is 14.4 Å². The number of fused-ring (bicyclic) bond motifs is 1. The van der Waals surface area contributed by atoms with Gasteiger partial charge in [-0.2, -0.15) is 5.26 Å². The van der Waals surface area contributed by atoms with Crippen LogP contribution in [0.15, 0.2) is 67.0 Å². The molecule has 0 unspecified atom stereocenters. The van der Waals surface area contributed by atoms with E-state index in [2.05, 4.69) is 16.0 Å². The van der Waals surface area contributed by atoms with Gasteiger partial charge in [-0.3, -0.25) is 9.20 Å². The number of anilines is 1. The topological polar surface area (TPSA) is 74.3 Å². The second kappa shape index (κ2) is 6.93. The fourth-order valence-corrected chi connectivity index (χ4v) is 2.97. The largest absolute Gasteiger partial charge is 0.310 e. The number of hydrogen-bond donors (Lipinski definition) is 0. The predicted octanol–water partition coefficient (Wildman–Crippen LogP) is 3.68. The summed E-state index contributed by atoms with van der Waals surface area (Å²) < 4.78 is 14.8. The van der Waals surface area contributed by atoms with Crippen molar-refractivity contribution in [2.75, 3.05) is 11.9 Å².